The number of carbonyl (C=O) groups excluding carboxylic acids is 1. The highest BCUT2D eigenvalue weighted by atomic mass is 16.5. The number of hydrogen-bond acceptors (Lipinski definition) is 2. The van der Waals surface area contributed by atoms with Crippen LogP contribution >= 0.6 is 0 Å². The fourth-order valence-corrected chi connectivity index (χ4v) is 3.58. The fraction of sp³-hybridized carbons (Fsp3) is 0.148. The van der Waals surface area contributed by atoms with Gasteiger partial charge in [-0.2, -0.15) is 0 Å². The number of fused-ring (bicyclic) bond motifs is 1. The van der Waals surface area contributed by atoms with Crippen molar-refractivity contribution in [2.75, 3.05) is 0 Å². The van der Waals surface area contributed by atoms with Crippen molar-refractivity contribution in [3.8, 4) is 5.75 Å². The Bertz CT molecular complexity index is 1180. The fourth-order valence-electron chi connectivity index (χ4n) is 3.58. The summed E-state index contributed by atoms with van der Waals surface area (Å²) in [6.07, 6.45) is 0. The van der Waals surface area contributed by atoms with E-state index in [1.165, 1.54) is 10.9 Å². The Hall–Kier alpha value is -3.59. The van der Waals surface area contributed by atoms with E-state index in [4.69, 9.17) is 4.74 Å². The number of aryl methyl sites for hydroxylation is 1. The molecule has 1 N–H and O–H groups in total. The zero-order chi connectivity index (χ0) is 20.9. The molecule has 150 valence electrons. The second-order valence-corrected chi connectivity index (χ2v) is 7.58. The standard InChI is InChI=1S/C27H25NO2/c1-19-8-7-9-21(16-19)18-30-26-13-6-5-12-25(26)27(29)28-20(2)23-15-14-22-10-3-4-11-24(22)17-23/h3-17,20H,18H2,1-2H3,(H,28,29). The van der Waals surface area contributed by atoms with Gasteiger partial charge in [-0.3, -0.25) is 4.79 Å². The molecular weight excluding hydrogens is 370 g/mol. The number of para-hydroxylation sites is 1. The summed E-state index contributed by atoms with van der Waals surface area (Å²) in [5, 5.41) is 5.46. The lowest BCUT2D eigenvalue weighted by molar-refractivity contribution is 0.0935. The number of amides is 1. The summed E-state index contributed by atoms with van der Waals surface area (Å²) in [4.78, 5) is 13.0. The Labute approximate surface area is 177 Å². The largest absolute Gasteiger partial charge is 0.488 e. The SMILES string of the molecule is Cc1cccc(COc2ccccc2C(=O)NC(C)c2ccc3ccccc3c2)c1. The van der Waals surface area contributed by atoms with Crippen molar-refractivity contribution in [3.63, 3.8) is 0 Å². The van der Waals surface area contributed by atoms with Gasteiger partial charge in [0.05, 0.1) is 11.6 Å². The molecule has 0 radical (unpaired) electrons. The number of ether oxygens (including phenoxy) is 1. The monoisotopic (exact) mass is 395 g/mol. The average molecular weight is 396 g/mol. The topological polar surface area (TPSA) is 38.3 Å². The number of hydrogen-bond donors (Lipinski definition) is 1. The third-order valence-electron chi connectivity index (χ3n) is 5.23. The smallest absolute Gasteiger partial charge is 0.255 e. The van der Waals surface area contributed by atoms with E-state index in [-0.39, 0.29) is 11.9 Å². The van der Waals surface area contributed by atoms with E-state index in [2.05, 4.69) is 54.7 Å². The van der Waals surface area contributed by atoms with Crippen LogP contribution in [0.2, 0.25) is 0 Å². The molecule has 0 saturated carbocycles. The molecule has 0 aliphatic carbocycles. The molecular formula is C27H25NO2. The van der Waals surface area contributed by atoms with E-state index in [0.29, 0.717) is 17.9 Å². The van der Waals surface area contributed by atoms with E-state index in [0.717, 1.165) is 16.5 Å². The maximum absolute atomic E-state index is 13.0. The van der Waals surface area contributed by atoms with Gasteiger partial charge in [0.25, 0.3) is 5.91 Å². The molecule has 0 saturated heterocycles. The van der Waals surface area contributed by atoms with Crippen molar-refractivity contribution in [1.82, 2.24) is 5.32 Å². The molecule has 4 aromatic carbocycles. The van der Waals surface area contributed by atoms with Gasteiger partial charge >= 0.3 is 0 Å². The van der Waals surface area contributed by atoms with Crippen LogP contribution in [0.15, 0.2) is 91.0 Å². The maximum Gasteiger partial charge on any atom is 0.255 e. The molecule has 1 amide bonds. The third kappa shape index (κ3) is 4.52. The van der Waals surface area contributed by atoms with Gasteiger partial charge in [-0.1, -0.05) is 78.4 Å². The van der Waals surface area contributed by atoms with E-state index in [1.54, 1.807) is 6.07 Å². The van der Waals surface area contributed by atoms with E-state index in [1.807, 2.05) is 49.4 Å². The van der Waals surface area contributed by atoms with Crippen molar-refractivity contribution in [2.24, 2.45) is 0 Å². The summed E-state index contributed by atoms with van der Waals surface area (Å²) in [6.45, 7) is 4.48. The molecule has 30 heavy (non-hydrogen) atoms. The zero-order valence-electron chi connectivity index (χ0n) is 17.3. The summed E-state index contributed by atoms with van der Waals surface area (Å²) in [5.41, 5.74) is 3.87. The highest BCUT2D eigenvalue weighted by molar-refractivity contribution is 5.97. The Balaban J connectivity index is 1.48. The van der Waals surface area contributed by atoms with Crippen molar-refractivity contribution < 1.29 is 9.53 Å². The van der Waals surface area contributed by atoms with Gasteiger partial charge in [0, 0.05) is 0 Å². The quantitative estimate of drug-likeness (QED) is 0.421. The Kier molecular flexibility index (Phi) is 5.80. The Morgan fingerprint density at radius 3 is 2.47 bits per heavy atom. The summed E-state index contributed by atoms with van der Waals surface area (Å²) < 4.78 is 5.98. The van der Waals surface area contributed by atoms with Crippen molar-refractivity contribution in [1.29, 1.82) is 0 Å². The normalized spacial score (nSPS) is 11.8. The highest BCUT2D eigenvalue weighted by Gasteiger charge is 2.16. The first-order valence-electron chi connectivity index (χ1n) is 10.2. The second-order valence-electron chi connectivity index (χ2n) is 7.58. The van der Waals surface area contributed by atoms with Gasteiger partial charge in [-0.05, 0) is 53.9 Å². The van der Waals surface area contributed by atoms with E-state index in [9.17, 15) is 4.79 Å². The highest BCUT2D eigenvalue weighted by Crippen LogP contribution is 2.23. The van der Waals surface area contributed by atoms with Gasteiger partial charge in [-0.15, -0.1) is 0 Å². The first kappa shape index (κ1) is 19.7. The predicted molar refractivity (Wildman–Crippen MR) is 122 cm³/mol. The summed E-state index contributed by atoms with van der Waals surface area (Å²) >= 11 is 0. The minimum atomic E-state index is -0.143. The molecule has 3 heteroatoms. The van der Waals surface area contributed by atoms with Crippen LogP contribution in [-0.2, 0) is 6.61 Å². The molecule has 3 nitrogen and oxygen atoms in total. The lowest BCUT2D eigenvalue weighted by atomic mass is 10.0. The minimum absolute atomic E-state index is 0.119. The van der Waals surface area contributed by atoms with Gasteiger partial charge in [0.15, 0.2) is 0 Å². The lowest BCUT2D eigenvalue weighted by Crippen LogP contribution is -2.27. The van der Waals surface area contributed by atoms with Gasteiger partial charge in [0.2, 0.25) is 0 Å². The van der Waals surface area contributed by atoms with Crippen LogP contribution in [0.5, 0.6) is 5.75 Å². The number of rotatable bonds is 6. The van der Waals surface area contributed by atoms with Crippen LogP contribution in [-0.4, -0.2) is 5.91 Å². The summed E-state index contributed by atoms with van der Waals surface area (Å²) in [6, 6.07) is 29.9. The van der Waals surface area contributed by atoms with E-state index >= 15 is 0 Å². The van der Waals surface area contributed by atoms with Crippen molar-refractivity contribution in [2.45, 2.75) is 26.5 Å². The first-order valence-corrected chi connectivity index (χ1v) is 10.2. The molecule has 4 rings (SSSR count). The van der Waals surface area contributed by atoms with E-state index < -0.39 is 0 Å². The van der Waals surface area contributed by atoms with Crippen LogP contribution in [0, 0.1) is 6.92 Å². The molecule has 0 spiro atoms. The van der Waals surface area contributed by atoms with Gasteiger partial charge < -0.3 is 10.1 Å². The molecule has 0 aliphatic heterocycles. The molecule has 0 fully saturated rings. The van der Waals surface area contributed by atoms with Crippen LogP contribution in [0.3, 0.4) is 0 Å². The van der Waals surface area contributed by atoms with Crippen LogP contribution in [0.25, 0.3) is 10.8 Å². The maximum atomic E-state index is 13.0. The predicted octanol–water partition coefficient (Wildman–Crippen LogP) is 6.22. The lowest BCUT2D eigenvalue weighted by Gasteiger charge is -2.17. The van der Waals surface area contributed by atoms with Gasteiger partial charge in [0.1, 0.15) is 12.4 Å². The first-order chi connectivity index (χ1) is 14.6. The molecule has 4 aromatic rings. The minimum Gasteiger partial charge on any atom is -0.488 e. The summed E-state index contributed by atoms with van der Waals surface area (Å²) in [7, 11) is 0. The second kappa shape index (κ2) is 8.83. The third-order valence-corrected chi connectivity index (χ3v) is 5.23. The van der Waals surface area contributed by atoms with Crippen LogP contribution in [0.1, 0.15) is 40.0 Å². The van der Waals surface area contributed by atoms with Crippen molar-refractivity contribution >= 4 is 16.7 Å². The molecule has 1 atom stereocenters. The number of benzene rings is 4. The average Bonchev–Trinajstić information content (AvgIpc) is 2.77. The van der Waals surface area contributed by atoms with Gasteiger partial charge in [-0.25, -0.2) is 0 Å². The van der Waals surface area contributed by atoms with Crippen molar-refractivity contribution in [3.05, 3.63) is 113 Å². The molecule has 0 heterocycles. The Morgan fingerprint density at radius 2 is 1.63 bits per heavy atom. The van der Waals surface area contributed by atoms with Crippen LogP contribution < -0.4 is 10.1 Å². The molecule has 0 aliphatic rings. The summed E-state index contributed by atoms with van der Waals surface area (Å²) in [5.74, 6) is 0.442. The molecule has 1 unspecified atom stereocenters. The Morgan fingerprint density at radius 1 is 0.867 bits per heavy atom. The molecule has 0 aromatic heterocycles. The van der Waals surface area contributed by atoms with Crippen LogP contribution in [0.4, 0.5) is 0 Å². The number of carbonyl (C=O) groups is 1. The number of nitrogens with one attached hydrogen (secondary N) is 1. The molecule has 0 bridgehead atoms. The zero-order valence-corrected chi connectivity index (χ0v) is 17.3.